The molecule has 0 saturated carbocycles. The molecule has 0 radical (unpaired) electrons. The molecule has 0 aliphatic carbocycles. The molecule has 126 valence electrons. The van der Waals surface area contributed by atoms with Crippen LogP contribution in [0.15, 0.2) is 48.7 Å². The summed E-state index contributed by atoms with van der Waals surface area (Å²) in [7, 11) is 0. The standard InChI is InChI=1S/C18H15ClN4O2/c19-13-5-1-2-7-15(13)23-10-12(8-16(23)24)18(25)21-14-6-3-4-11-9-20-22-17(11)14/h1-7,9,12H,8,10H2,(H,20,22)(H,21,25). The van der Waals surface area contributed by atoms with Crippen molar-refractivity contribution in [3.63, 3.8) is 0 Å². The van der Waals surface area contributed by atoms with Crippen molar-refractivity contribution in [3.05, 3.63) is 53.7 Å². The molecule has 1 unspecified atom stereocenters. The number of nitrogens with zero attached hydrogens (tertiary/aromatic N) is 2. The van der Waals surface area contributed by atoms with Crippen LogP contribution in [0.1, 0.15) is 6.42 Å². The van der Waals surface area contributed by atoms with E-state index in [0.29, 0.717) is 22.9 Å². The molecular weight excluding hydrogens is 340 g/mol. The molecule has 4 rings (SSSR count). The Balaban J connectivity index is 1.53. The summed E-state index contributed by atoms with van der Waals surface area (Å²) in [4.78, 5) is 26.5. The van der Waals surface area contributed by atoms with Crippen LogP contribution in [0.25, 0.3) is 10.9 Å². The van der Waals surface area contributed by atoms with Gasteiger partial charge < -0.3 is 10.2 Å². The number of benzene rings is 2. The third-order valence-electron chi connectivity index (χ3n) is 4.37. The SMILES string of the molecule is O=C(Nc1cccc2cn[nH]c12)C1CC(=O)N(c2ccccc2Cl)C1. The molecule has 25 heavy (non-hydrogen) atoms. The van der Waals surface area contributed by atoms with E-state index in [1.165, 1.54) is 0 Å². The van der Waals surface area contributed by atoms with Crippen LogP contribution in [-0.4, -0.2) is 28.6 Å². The van der Waals surface area contributed by atoms with Crippen molar-refractivity contribution in [1.29, 1.82) is 0 Å². The molecule has 7 heteroatoms. The van der Waals surface area contributed by atoms with Crippen LogP contribution in [-0.2, 0) is 9.59 Å². The van der Waals surface area contributed by atoms with Crippen LogP contribution in [0.3, 0.4) is 0 Å². The van der Waals surface area contributed by atoms with Crippen LogP contribution in [0, 0.1) is 5.92 Å². The number of carbonyl (C=O) groups excluding carboxylic acids is 2. The molecule has 1 aromatic heterocycles. The quantitative estimate of drug-likeness (QED) is 0.758. The second-order valence-electron chi connectivity index (χ2n) is 5.99. The average Bonchev–Trinajstić information content (AvgIpc) is 3.22. The zero-order valence-electron chi connectivity index (χ0n) is 13.2. The van der Waals surface area contributed by atoms with Gasteiger partial charge in [-0.3, -0.25) is 14.7 Å². The fraction of sp³-hybridized carbons (Fsp3) is 0.167. The summed E-state index contributed by atoms with van der Waals surface area (Å²) in [6, 6.07) is 12.7. The highest BCUT2D eigenvalue weighted by Crippen LogP contribution is 2.31. The summed E-state index contributed by atoms with van der Waals surface area (Å²) < 4.78 is 0. The van der Waals surface area contributed by atoms with E-state index in [4.69, 9.17) is 11.6 Å². The number of rotatable bonds is 3. The molecule has 0 spiro atoms. The van der Waals surface area contributed by atoms with E-state index in [-0.39, 0.29) is 18.2 Å². The smallest absolute Gasteiger partial charge is 0.229 e. The highest BCUT2D eigenvalue weighted by Gasteiger charge is 2.36. The fourth-order valence-corrected chi connectivity index (χ4v) is 3.33. The number of H-pyrrole nitrogens is 1. The summed E-state index contributed by atoms with van der Waals surface area (Å²) in [5.74, 6) is -0.722. The molecular formula is C18H15ClN4O2. The fourth-order valence-electron chi connectivity index (χ4n) is 3.09. The molecule has 2 amide bonds. The Hall–Kier alpha value is -2.86. The van der Waals surface area contributed by atoms with Crippen LogP contribution >= 0.6 is 11.6 Å². The zero-order valence-corrected chi connectivity index (χ0v) is 14.0. The van der Waals surface area contributed by atoms with E-state index in [1.54, 1.807) is 29.3 Å². The Morgan fingerprint density at radius 3 is 2.92 bits per heavy atom. The van der Waals surface area contributed by atoms with E-state index in [0.717, 1.165) is 10.9 Å². The lowest BCUT2D eigenvalue weighted by atomic mass is 10.1. The minimum atomic E-state index is -0.429. The van der Waals surface area contributed by atoms with Gasteiger partial charge in [-0.2, -0.15) is 5.10 Å². The average molecular weight is 355 g/mol. The number of aromatic amines is 1. The third-order valence-corrected chi connectivity index (χ3v) is 4.69. The number of nitrogens with one attached hydrogen (secondary N) is 2. The number of para-hydroxylation sites is 2. The lowest BCUT2D eigenvalue weighted by Crippen LogP contribution is -2.28. The number of anilines is 2. The first-order valence-corrected chi connectivity index (χ1v) is 8.29. The molecule has 1 atom stereocenters. The van der Waals surface area contributed by atoms with Gasteiger partial charge in [0.1, 0.15) is 0 Å². The van der Waals surface area contributed by atoms with Crippen molar-refractivity contribution < 1.29 is 9.59 Å². The maximum absolute atomic E-state index is 12.6. The number of amides is 2. The molecule has 1 saturated heterocycles. The summed E-state index contributed by atoms with van der Waals surface area (Å²) in [6.45, 7) is 0.313. The van der Waals surface area contributed by atoms with E-state index in [9.17, 15) is 9.59 Å². The number of hydrogen-bond acceptors (Lipinski definition) is 3. The monoisotopic (exact) mass is 354 g/mol. The van der Waals surface area contributed by atoms with Gasteiger partial charge in [-0.15, -0.1) is 0 Å². The van der Waals surface area contributed by atoms with Crippen LogP contribution in [0.5, 0.6) is 0 Å². The van der Waals surface area contributed by atoms with Crippen LogP contribution in [0.4, 0.5) is 11.4 Å². The van der Waals surface area contributed by atoms with Gasteiger partial charge >= 0.3 is 0 Å². The molecule has 2 heterocycles. The summed E-state index contributed by atoms with van der Waals surface area (Å²) in [5.41, 5.74) is 2.06. The molecule has 6 nitrogen and oxygen atoms in total. The van der Waals surface area contributed by atoms with Crippen molar-refractivity contribution in [2.45, 2.75) is 6.42 Å². The summed E-state index contributed by atoms with van der Waals surface area (Å²) in [6.07, 6.45) is 1.86. The van der Waals surface area contributed by atoms with Gasteiger partial charge in [0.15, 0.2) is 0 Å². The van der Waals surface area contributed by atoms with Gasteiger partial charge in [-0.1, -0.05) is 35.9 Å². The maximum Gasteiger partial charge on any atom is 0.229 e. The van der Waals surface area contributed by atoms with Crippen molar-refractivity contribution in [3.8, 4) is 0 Å². The lowest BCUT2D eigenvalue weighted by Gasteiger charge is -2.18. The molecule has 3 aromatic rings. The molecule has 2 aromatic carbocycles. The Kier molecular flexibility index (Phi) is 3.89. The van der Waals surface area contributed by atoms with E-state index in [2.05, 4.69) is 15.5 Å². The second kappa shape index (κ2) is 6.22. The Bertz CT molecular complexity index is 968. The minimum absolute atomic E-state index is 0.104. The number of carbonyl (C=O) groups is 2. The van der Waals surface area contributed by atoms with Gasteiger partial charge in [0.05, 0.1) is 34.0 Å². The van der Waals surface area contributed by atoms with Crippen LogP contribution < -0.4 is 10.2 Å². The first-order valence-electron chi connectivity index (χ1n) is 7.91. The van der Waals surface area contributed by atoms with Gasteiger partial charge in [0.25, 0.3) is 0 Å². The maximum atomic E-state index is 12.6. The largest absolute Gasteiger partial charge is 0.324 e. The summed E-state index contributed by atoms with van der Waals surface area (Å²) in [5, 5.41) is 11.2. The van der Waals surface area contributed by atoms with E-state index in [1.807, 2.05) is 24.3 Å². The summed E-state index contributed by atoms with van der Waals surface area (Å²) >= 11 is 6.17. The number of aromatic nitrogens is 2. The molecule has 1 aliphatic rings. The van der Waals surface area contributed by atoms with Crippen molar-refractivity contribution in [2.75, 3.05) is 16.8 Å². The Morgan fingerprint density at radius 1 is 1.24 bits per heavy atom. The number of hydrogen-bond donors (Lipinski definition) is 2. The van der Waals surface area contributed by atoms with E-state index >= 15 is 0 Å². The Morgan fingerprint density at radius 2 is 2.08 bits per heavy atom. The molecule has 1 fully saturated rings. The normalized spacial score (nSPS) is 17.2. The molecule has 0 bridgehead atoms. The first-order chi connectivity index (χ1) is 12.1. The third kappa shape index (κ3) is 2.85. The molecule has 2 N–H and O–H groups in total. The highest BCUT2D eigenvalue weighted by atomic mass is 35.5. The van der Waals surface area contributed by atoms with Gasteiger partial charge in [-0.05, 0) is 18.2 Å². The second-order valence-corrected chi connectivity index (χ2v) is 6.39. The molecule has 1 aliphatic heterocycles. The predicted octanol–water partition coefficient (Wildman–Crippen LogP) is 3.21. The van der Waals surface area contributed by atoms with Crippen molar-refractivity contribution in [2.24, 2.45) is 5.92 Å². The van der Waals surface area contributed by atoms with Gasteiger partial charge in [0.2, 0.25) is 11.8 Å². The van der Waals surface area contributed by atoms with Crippen molar-refractivity contribution >= 4 is 45.7 Å². The zero-order chi connectivity index (χ0) is 17.4. The van der Waals surface area contributed by atoms with Gasteiger partial charge in [-0.25, -0.2) is 0 Å². The highest BCUT2D eigenvalue weighted by molar-refractivity contribution is 6.34. The van der Waals surface area contributed by atoms with Crippen molar-refractivity contribution in [1.82, 2.24) is 10.2 Å². The number of fused-ring (bicyclic) bond motifs is 1. The first kappa shape index (κ1) is 15.7. The predicted molar refractivity (Wildman–Crippen MR) is 96.6 cm³/mol. The van der Waals surface area contributed by atoms with Gasteiger partial charge in [0, 0.05) is 18.4 Å². The van der Waals surface area contributed by atoms with Crippen LogP contribution in [0.2, 0.25) is 5.02 Å². The topological polar surface area (TPSA) is 78.1 Å². The minimum Gasteiger partial charge on any atom is -0.324 e. The Labute approximate surface area is 148 Å². The number of halogens is 1. The lowest BCUT2D eigenvalue weighted by molar-refractivity contribution is -0.122. The van der Waals surface area contributed by atoms with E-state index < -0.39 is 5.92 Å².